The SMILES string of the molecule is Cc1ccc2nc(-c3cncc(C(C)(C)O)c3)c(C)n2c1. The van der Waals surface area contributed by atoms with E-state index >= 15 is 0 Å². The molecule has 108 valence electrons. The minimum Gasteiger partial charge on any atom is -0.386 e. The van der Waals surface area contributed by atoms with Gasteiger partial charge in [0.05, 0.1) is 11.3 Å². The molecule has 3 aromatic heterocycles. The Kier molecular flexibility index (Phi) is 3.06. The van der Waals surface area contributed by atoms with E-state index in [1.807, 2.05) is 19.1 Å². The van der Waals surface area contributed by atoms with E-state index in [4.69, 9.17) is 0 Å². The summed E-state index contributed by atoms with van der Waals surface area (Å²) < 4.78 is 2.08. The van der Waals surface area contributed by atoms with Crippen LogP contribution in [0.5, 0.6) is 0 Å². The highest BCUT2D eigenvalue weighted by Crippen LogP contribution is 2.27. The first-order valence-electron chi connectivity index (χ1n) is 7.00. The first-order valence-corrected chi connectivity index (χ1v) is 7.00. The number of hydrogen-bond donors (Lipinski definition) is 1. The van der Waals surface area contributed by atoms with Crippen LogP contribution in [-0.2, 0) is 5.60 Å². The van der Waals surface area contributed by atoms with Crippen molar-refractivity contribution in [2.45, 2.75) is 33.3 Å². The molecule has 0 spiro atoms. The summed E-state index contributed by atoms with van der Waals surface area (Å²) in [5.41, 5.74) is 4.88. The molecule has 0 aliphatic carbocycles. The number of imidazole rings is 1. The third kappa shape index (κ3) is 2.43. The Balaban J connectivity index is 2.19. The van der Waals surface area contributed by atoms with Crippen LogP contribution in [-0.4, -0.2) is 19.5 Å². The molecule has 0 aromatic carbocycles. The number of rotatable bonds is 2. The van der Waals surface area contributed by atoms with Gasteiger partial charge in [-0.25, -0.2) is 4.98 Å². The Labute approximate surface area is 124 Å². The van der Waals surface area contributed by atoms with Gasteiger partial charge in [0.1, 0.15) is 5.65 Å². The molecule has 3 rings (SSSR count). The van der Waals surface area contributed by atoms with Crippen molar-refractivity contribution < 1.29 is 5.11 Å². The molecule has 0 aliphatic rings. The highest BCUT2D eigenvalue weighted by Gasteiger charge is 2.18. The van der Waals surface area contributed by atoms with Gasteiger partial charge in [-0.3, -0.25) is 4.98 Å². The average Bonchev–Trinajstić information content (AvgIpc) is 2.75. The Morgan fingerprint density at radius 1 is 1.14 bits per heavy atom. The molecule has 0 saturated carbocycles. The predicted molar refractivity (Wildman–Crippen MR) is 83.1 cm³/mol. The third-order valence-corrected chi connectivity index (χ3v) is 3.72. The van der Waals surface area contributed by atoms with Crippen molar-refractivity contribution in [3.63, 3.8) is 0 Å². The van der Waals surface area contributed by atoms with Gasteiger partial charge in [-0.2, -0.15) is 0 Å². The lowest BCUT2D eigenvalue weighted by Crippen LogP contribution is -2.15. The molecule has 0 amide bonds. The second-order valence-electron chi connectivity index (χ2n) is 6.00. The second-order valence-corrected chi connectivity index (χ2v) is 6.00. The molecule has 0 bridgehead atoms. The first kappa shape index (κ1) is 13.8. The molecule has 0 saturated heterocycles. The smallest absolute Gasteiger partial charge is 0.137 e. The van der Waals surface area contributed by atoms with Crippen LogP contribution in [0.25, 0.3) is 16.9 Å². The predicted octanol–water partition coefficient (Wildman–Crippen LogP) is 3.24. The lowest BCUT2D eigenvalue weighted by molar-refractivity contribution is 0.0783. The Bertz CT molecular complexity index is 813. The zero-order chi connectivity index (χ0) is 15.2. The van der Waals surface area contributed by atoms with Crippen molar-refractivity contribution >= 4 is 5.65 Å². The van der Waals surface area contributed by atoms with Crippen molar-refractivity contribution in [1.82, 2.24) is 14.4 Å². The van der Waals surface area contributed by atoms with E-state index in [0.717, 1.165) is 28.2 Å². The van der Waals surface area contributed by atoms with E-state index in [2.05, 4.69) is 33.6 Å². The molecular formula is C17H19N3O. The normalized spacial score (nSPS) is 12.0. The van der Waals surface area contributed by atoms with Crippen molar-refractivity contribution in [2.75, 3.05) is 0 Å². The standard InChI is InChI=1S/C17H19N3O/c1-11-5-6-15-19-16(12(2)20(15)10-11)13-7-14(9-18-8-13)17(3,4)21/h5-10,21H,1-4H3. The molecule has 0 fully saturated rings. The number of pyridine rings is 2. The highest BCUT2D eigenvalue weighted by atomic mass is 16.3. The van der Waals surface area contributed by atoms with Crippen LogP contribution in [0.1, 0.15) is 30.7 Å². The number of aromatic nitrogens is 3. The van der Waals surface area contributed by atoms with Crippen LogP contribution in [0.15, 0.2) is 36.8 Å². The summed E-state index contributed by atoms with van der Waals surface area (Å²) in [6.45, 7) is 7.63. The molecule has 1 N–H and O–H groups in total. The van der Waals surface area contributed by atoms with Crippen molar-refractivity contribution in [2.24, 2.45) is 0 Å². The Morgan fingerprint density at radius 2 is 1.90 bits per heavy atom. The summed E-state index contributed by atoms with van der Waals surface area (Å²) in [4.78, 5) is 8.94. The summed E-state index contributed by atoms with van der Waals surface area (Å²) >= 11 is 0. The van der Waals surface area contributed by atoms with E-state index < -0.39 is 5.60 Å². The maximum atomic E-state index is 10.1. The van der Waals surface area contributed by atoms with Gasteiger partial charge < -0.3 is 9.51 Å². The number of nitrogens with zero attached hydrogens (tertiary/aromatic N) is 3. The number of hydrogen-bond acceptors (Lipinski definition) is 3. The van der Waals surface area contributed by atoms with Gasteiger partial charge in [-0.05, 0) is 45.4 Å². The van der Waals surface area contributed by atoms with Crippen molar-refractivity contribution in [1.29, 1.82) is 0 Å². The number of aryl methyl sites for hydroxylation is 2. The molecule has 0 radical (unpaired) electrons. The van der Waals surface area contributed by atoms with E-state index in [1.165, 1.54) is 5.56 Å². The summed E-state index contributed by atoms with van der Waals surface area (Å²) in [5.74, 6) is 0. The number of fused-ring (bicyclic) bond motifs is 1. The lowest BCUT2D eigenvalue weighted by atomic mass is 9.98. The number of aliphatic hydroxyl groups is 1. The molecule has 4 nitrogen and oxygen atoms in total. The average molecular weight is 281 g/mol. The fraction of sp³-hybridized carbons (Fsp3) is 0.294. The topological polar surface area (TPSA) is 50.4 Å². The highest BCUT2D eigenvalue weighted by molar-refractivity contribution is 5.66. The van der Waals surface area contributed by atoms with E-state index in [9.17, 15) is 5.11 Å². The van der Waals surface area contributed by atoms with E-state index in [0.29, 0.717) is 0 Å². The van der Waals surface area contributed by atoms with Crippen LogP contribution < -0.4 is 0 Å². The van der Waals surface area contributed by atoms with E-state index in [-0.39, 0.29) is 0 Å². The molecule has 4 heteroatoms. The van der Waals surface area contributed by atoms with E-state index in [1.54, 1.807) is 26.2 Å². The van der Waals surface area contributed by atoms with Crippen LogP contribution in [0.4, 0.5) is 0 Å². The molecule has 0 aliphatic heterocycles. The maximum absolute atomic E-state index is 10.1. The molecule has 3 aromatic rings. The monoisotopic (exact) mass is 281 g/mol. The largest absolute Gasteiger partial charge is 0.386 e. The molecule has 0 atom stereocenters. The minimum atomic E-state index is -0.910. The van der Waals surface area contributed by atoms with Crippen molar-refractivity contribution in [3.05, 3.63) is 53.6 Å². The zero-order valence-electron chi connectivity index (χ0n) is 12.8. The van der Waals surface area contributed by atoms with Gasteiger partial charge in [-0.1, -0.05) is 6.07 Å². The van der Waals surface area contributed by atoms with Gasteiger partial charge in [0, 0.05) is 35.4 Å². The third-order valence-electron chi connectivity index (χ3n) is 3.72. The van der Waals surface area contributed by atoms with Gasteiger partial charge in [0.25, 0.3) is 0 Å². The Morgan fingerprint density at radius 3 is 2.62 bits per heavy atom. The first-order chi connectivity index (χ1) is 9.86. The molecule has 0 unspecified atom stereocenters. The van der Waals surface area contributed by atoms with Gasteiger partial charge in [0.15, 0.2) is 0 Å². The van der Waals surface area contributed by atoms with Crippen LogP contribution in [0.3, 0.4) is 0 Å². The second kappa shape index (κ2) is 4.67. The summed E-state index contributed by atoms with van der Waals surface area (Å²) in [5, 5.41) is 10.1. The quantitative estimate of drug-likeness (QED) is 0.784. The van der Waals surface area contributed by atoms with Crippen LogP contribution in [0.2, 0.25) is 0 Å². The summed E-state index contributed by atoms with van der Waals surface area (Å²) in [6, 6.07) is 6.02. The van der Waals surface area contributed by atoms with Gasteiger partial charge in [0.2, 0.25) is 0 Å². The summed E-state index contributed by atoms with van der Waals surface area (Å²) in [6.07, 6.45) is 5.56. The van der Waals surface area contributed by atoms with Gasteiger partial charge >= 0.3 is 0 Å². The molecule has 3 heterocycles. The van der Waals surface area contributed by atoms with Crippen LogP contribution >= 0.6 is 0 Å². The van der Waals surface area contributed by atoms with Gasteiger partial charge in [-0.15, -0.1) is 0 Å². The molecular weight excluding hydrogens is 262 g/mol. The maximum Gasteiger partial charge on any atom is 0.137 e. The van der Waals surface area contributed by atoms with Crippen LogP contribution in [0, 0.1) is 13.8 Å². The zero-order valence-corrected chi connectivity index (χ0v) is 12.8. The lowest BCUT2D eigenvalue weighted by Gasteiger charge is -2.17. The minimum absolute atomic E-state index is 0.785. The summed E-state index contributed by atoms with van der Waals surface area (Å²) in [7, 11) is 0. The fourth-order valence-electron chi connectivity index (χ4n) is 2.45. The molecule has 21 heavy (non-hydrogen) atoms. The Hall–Kier alpha value is -2.20. The van der Waals surface area contributed by atoms with Crippen molar-refractivity contribution in [3.8, 4) is 11.3 Å². The fourth-order valence-corrected chi connectivity index (χ4v) is 2.45.